The minimum atomic E-state index is 0.555. The Hall–Kier alpha value is -1.64. The summed E-state index contributed by atoms with van der Waals surface area (Å²) in [6.07, 6.45) is 2.03. The number of allylic oxidation sites excluding steroid dienone is 1. The Kier molecular flexibility index (Phi) is 2.81. The van der Waals surface area contributed by atoms with E-state index in [0.717, 1.165) is 35.5 Å². The van der Waals surface area contributed by atoms with Crippen molar-refractivity contribution in [2.45, 2.75) is 19.8 Å². The van der Waals surface area contributed by atoms with Gasteiger partial charge in [-0.1, -0.05) is 25.1 Å². The van der Waals surface area contributed by atoms with Crippen LogP contribution >= 0.6 is 0 Å². The van der Waals surface area contributed by atoms with E-state index in [1.807, 2.05) is 24.3 Å². The molecule has 0 aromatic heterocycles. The number of benzene rings is 1. The first-order chi connectivity index (χ1) is 7.33. The molecular weight excluding hydrogens is 188 g/mol. The molecular formula is C12H16N2O. The zero-order valence-corrected chi connectivity index (χ0v) is 8.92. The van der Waals surface area contributed by atoms with Gasteiger partial charge in [0.1, 0.15) is 5.76 Å². The maximum Gasteiger partial charge on any atom is 0.158 e. The van der Waals surface area contributed by atoms with Crippen LogP contribution in [0.3, 0.4) is 0 Å². The Labute approximate surface area is 89.9 Å². The summed E-state index contributed by atoms with van der Waals surface area (Å²) in [7, 11) is 0. The average Bonchev–Trinajstić information content (AvgIpc) is 2.67. The van der Waals surface area contributed by atoms with Crippen LogP contribution in [-0.4, -0.2) is 6.73 Å². The highest BCUT2D eigenvalue weighted by atomic mass is 16.5. The molecule has 1 aliphatic heterocycles. The van der Waals surface area contributed by atoms with Gasteiger partial charge in [0.2, 0.25) is 0 Å². The molecule has 0 amide bonds. The third-order valence-corrected chi connectivity index (χ3v) is 2.48. The summed E-state index contributed by atoms with van der Waals surface area (Å²) in [5.74, 6) is 1.02. The van der Waals surface area contributed by atoms with Gasteiger partial charge in [-0.05, 0) is 12.5 Å². The Bertz CT molecular complexity index is 385. The molecule has 3 heteroatoms. The average molecular weight is 204 g/mol. The molecule has 0 bridgehead atoms. The Morgan fingerprint density at radius 2 is 2.20 bits per heavy atom. The molecule has 80 valence electrons. The van der Waals surface area contributed by atoms with Crippen LogP contribution in [0.1, 0.15) is 25.3 Å². The van der Waals surface area contributed by atoms with Crippen molar-refractivity contribution >= 4 is 11.4 Å². The summed E-state index contributed by atoms with van der Waals surface area (Å²) in [4.78, 5) is 0. The zero-order valence-electron chi connectivity index (χ0n) is 8.92. The van der Waals surface area contributed by atoms with Crippen molar-refractivity contribution in [1.29, 1.82) is 0 Å². The van der Waals surface area contributed by atoms with E-state index in [4.69, 9.17) is 10.5 Å². The Morgan fingerprint density at radius 1 is 1.40 bits per heavy atom. The van der Waals surface area contributed by atoms with Crippen molar-refractivity contribution in [2.75, 3.05) is 12.5 Å². The van der Waals surface area contributed by atoms with Crippen LogP contribution in [0.15, 0.2) is 30.0 Å². The second-order valence-corrected chi connectivity index (χ2v) is 3.60. The van der Waals surface area contributed by atoms with Gasteiger partial charge in [-0.15, -0.1) is 0 Å². The minimum Gasteiger partial charge on any atom is -0.475 e. The third-order valence-electron chi connectivity index (χ3n) is 2.48. The molecule has 0 saturated carbocycles. The number of hydrogen-bond donors (Lipinski definition) is 2. The highest BCUT2D eigenvalue weighted by Crippen LogP contribution is 2.27. The number of para-hydroxylation sites is 1. The maximum absolute atomic E-state index is 5.93. The predicted octanol–water partition coefficient (Wildman–Crippen LogP) is 2.31. The minimum absolute atomic E-state index is 0.555. The maximum atomic E-state index is 5.93. The summed E-state index contributed by atoms with van der Waals surface area (Å²) >= 11 is 0. The number of hydrogen-bond acceptors (Lipinski definition) is 3. The summed E-state index contributed by atoms with van der Waals surface area (Å²) in [6.45, 7) is 2.69. The lowest BCUT2D eigenvalue weighted by Crippen LogP contribution is -2.08. The molecule has 0 spiro atoms. The standard InChI is InChI=1S/C12H16N2O/c1-2-5-11-12(14-8-15-11)9-6-3-4-7-10(9)13/h3-4,6-7,14H,2,5,8,13H2,1H3. The normalized spacial score (nSPS) is 15.0. The SMILES string of the molecule is CCCC1=C(c2ccccc2N)NCO1. The van der Waals surface area contributed by atoms with Gasteiger partial charge in [0.15, 0.2) is 6.73 Å². The molecule has 0 saturated heterocycles. The van der Waals surface area contributed by atoms with Gasteiger partial charge in [0, 0.05) is 17.7 Å². The van der Waals surface area contributed by atoms with Crippen LogP contribution in [0.4, 0.5) is 5.69 Å². The van der Waals surface area contributed by atoms with Gasteiger partial charge in [-0.2, -0.15) is 0 Å². The molecule has 2 rings (SSSR count). The molecule has 3 nitrogen and oxygen atoms in total. The van der Waals surface area contributed by atoms with E-state index in [1.165, 1.54) is 0 Å². The molecule has 3 N–H and O–H groups in total. The molecule has 1 aliphatic rings. The van der Waals surface area contributed by atoms with Crippen molar-refractivity contribution in [3.05, 3.63) is 35.6 Å². The third kappa shape index (κ3) is 1.91. The fourth-order valence-electron chi connectivity index (χ4n) is 1.76. The molecule has 15 heavy (non-hydrogen) atoms. The van der Waals surface area contributed by atoms with E-state index in [9.17, 15) is 0 Å². The fraction of sp³-hybridized carbons (Fsp3) is 0.333. The number of ether oxygens (including phenoxy) is 1. The quantitative estimate of drug-likeness (QED) is 0.743. The molecule has 0 atom stereocenters. The van der Waals surface area contributed by atoms with E-state index in [1.54, 1.807) is 0 Å². The zero-order chi connectivity index (χ0) is 10.7. The smallest absolute Gasteiger partial charge is 0.158 e. The number of nitrogens with one attached hydrogen (secondary N) is 1. The lowest BCUT2D eigenvalue weighted by Gasteiger charge is -2.07. The highest BCUT2D eigenvalue weighted by Gasteiger charge is 2.17. The summed E-state index contributed by atoms with van der Waals surface area (Å²) in [5.41, 5.74) is 8.81. The predicted molar refractivity (Wildman–Crippen MR) is 61.8 cm³/mol. The van der Waals surface area contributed by atoms with Crippen LogP contribution < -0.4 is 11.1 Å². The van der Waals surface area contributed by atoms with Crippen LogP contribution in [0.25, 0.3) is 5.70 Å². The van der Waals surface area contributed by atoms with E-state index in [2.05, 4.69) is 12.2 Å². The summed E-state index contributed by atoms with van der Waals surface area (Å²) in [6, 6.07) is 7.85. The van der Waals surface area contributed by atoms with Gasteiger partial charge >= 0.3 is 0 Å². The lowest BCUT2D eigenvalue weighted by molar-refractivity contribution is 0.222. The second kappa shape index (κ2) is 4.26. The molecule has 1 aromatic rings. The van der Waals surface area contributed by atoms with Gasteiger partial charge < -0.3 is 15.8 Å². The Balaban J connectivity index is 2.37. The molecule has 1 aromatic carbocycles. The highest BCUT2D eigenvalue weighted by molar-refractivity contribution is 5.75. The van der Waals surface area contributed by atoms with E-state index in [-0.39, 0.29) is 0 Å². The first-order valence-corrected chi connectivity index (χ1v) is 5.27. The summed E-state index contributed by atoms with van der Waals surface area (Å²) < 4.78 is 5.53. The topological polar surface area (TPSA) is 47.3 Å². The van der Waals surface area contributed by atoms with Crippen LogP contribution in [0.5, 0.6) is 0 Å². The van der Waals surface area contributed by atoms with Crippen molar-refractivity contribution < 1.29 is 4.74 Å². The lowest BCUT2D eigenvalue weighted by atomic mass is 10.1. The number of nitrogen functional groups attached to an aromatic ring is 1. The largest absolute Gasteiger partial charge is 0.475 e. The van der Waals surface area contributed by atoms with E-state index < -0.39 is 0 Å². The molecule has 1 heterocycles. The Morgan fingerprint density at radius 3 is 2.93 bits per heavy atom. The number of rotatable bonds is 3. The fourth-order valence-corrected chi connectivity index (χ4v) is 1.76. The number of anilines is 1. The van der Waals surface area contributed by atoms with E-state index >= 15 is 0 Å². The molecule has 0 unspecified atom stereocenters. The summed E-state index contributed by atoms with van der Waals surface area (Å²) in [5, 5.41) is 3.23. The van der Waals surface area contributed by atoms with Crippen molar-refractivity contribution in [1.82, 2.24) is 5.32 Å². The molecule has 0 radical (unpaired) electrons. The van der Waals surface area contributed by atoms with Gasteiger partial charge in [-0.3, -0.25) is 0 Å². The van der Waals surface area contributed by atoms with Gasteiger partial charge in [0.25, 0.3) is 0 Å². The molecule has 0 fully saturated rings. The number of nitrogens with two attached hydrogens (primary N) is 1. The van der Waals surface area contributed by atoms with Crippen molar-refractivity contribution in [3.8, 4) is 0 Å². The molecule has 0 aliphatic carbocycles. The van der Waals surface area contributed by atoms with E-state index in [0.29, 0.717) is 6.73 Å². The van der Waals surface area contributed by atoms with Crippen LogP contribution in [0, 0.1) is 0 Å². The van der Waals surface area contributed by atoms with Crippen molar-refractivity contribution in [2.24, 2.45) is 0 Å². The van der Waals surface area contributed by atoms with Gasteiger partial charge in [0.05, 0.1) is 5.70 Å². The van der Waals surface area contributed by atoms with Crippen LogP contribution in [-0.2, 0) is 4.74 Å². The van der Waals surface area contributed by atoms with Crippen LogP contribution in [0.2, 0.25) is 0 Å². The first kappa shape index (κ1) is 9.90. The van der Waals surface area contributed by atoms with Gasteiger partial charge in [-0.25, -0.2) is 0 Å². The monoisotopic (exact) mass is 204 g/mol. The van der Waals surface area contributed by atoms with Crippen molar-refractivity contribution in [3.63, 3.8) is 0 Å². The first-order valence-electron chi connectivity index (χ1n) is 5.27. The second-order valence-electron chi connectivity index (χ2n) is 3.60.